The second kappa shape index (κ2) is 9.17. The predicted molar refractivity (Wildman–Crippen MR) is 102 cm³/mol. The van der Waals surface area contributed by atoms with Gasteiger partial charge in [0.05, 0.1) is 24.5 Å². The molecule has 25 heavy (non-hydrogen) atoms. The largest absolute Gasteiger partial charge is 0.464 e. The van der Waals surface area contributed by atoms with Gasteiger partial charge in [-0.15, -0.1) is 0 Å². The van der Waals surface area contributed by atoms with Crippen LogP contribution < -0.4 is 5.32 Å². The van der Waals surface area contributed by atoms with Gasteiger partial charge in [-0.1, -0.05) is 37.1 Å². The Hall–Kier alpha value is -2.41. The number of halogens is 1. The Morgan fingerprint density at radius 3 is 2.64 bits per heavy atom. The number of aromatic nitrogens is 1. The van der Waals surface area contributed by atoms with Crippen LogP contribution in [0.2, 0.25) is 0 Å². The van der Waals surface area contributed by atoms with Crippen LogP contribution >= 0.6 is 11.8 Å². The number of pyridine rings is 1. The van der Waals surface area contributed by atoms with Crippen molar-refractivity contribution in [3.63, 3.8) is 0 Å². The molecule has 0 aromatic carbocycles. The van der Waals surface area contributed by atoms with Gasteiger partial charge in [0, 0.05) is 4.91 Å². The topological polar surface area (TPSA) is 63.6 Å². The third-order valence-electron chi connectivity index (χ3n) is 2.63. The van der Waals surface area contributed by atoms with Gasteiger partial charge >= 0.3 is 5.97 Å². The first kappa shape index (κ1) is 20.6. The first-order chi connectivity index (χ1) is 11.7. The Kier molecular flexibility index (Phi) is 7.57. The summed E-state index contributed by atoms with van der Waals surface area (Å²) in [4.78, 5) is 20.7. The third kappa shape index (κ3) is 6.93. The molecule has 0 aliphatic carbocycles. The van der Waals surface area contributed by atoms with Gasteiger partial charge in [-0.25, -0.2) is 14.2 Å². The fourth-order valence-electron chi connectivity index (χ4n) is 1.62. The summed E-state index contributed by atoms with van der Waals surface area (Å²) < 4.78 is 18.7. The molecule has 7 heteroatoms. The number of esters is 1. The van der Waals surface area contributed by atoms with Crippen LogP contribution in [0.25, 0.3) is 0 Å². The van der Waals surface area contributed by atoms with E-state index in [-0.39, 0.29) is 11.4 Å². The molecule has 0 saturated carbocycles. The van der Waals surface area contributed by atoms with E-state index in [0.29, 0.717) is 5.17 Å². The van der Waals surface area contributed by atoms with E-state index in [1.807, 2.05) is 20.8 Å². The van der Waals surface area contributed by atoms with Crippen molar-refractivity contribution in [2.45, 2.75) is 26.3 Å². The zero-order chi connectivity index (χ0) is 19.0. The normalized spacial score (nSPS) is 12.5. The van der Waals surface area contributed by atoms with Gasteiger partial charge in [0.15, 0.2) is 16.7 Å². The lowest BCUT2D eigenvalue weighted by Gasteiger charge is -2.17. The number of carbonyl (C=O) groups excluding carboxylic acids is 1. The number of carbonyl (C=O) groups is 1. The average molecular weight is 363 g/mol. The molecular weight excluding hydrogens is 341 g/mol. The predicted octanol–water partition coefficient (Wildman–Crippen LogP) is 4.56. The number of nitrogens with one attached hydrogen (secondary N) is 1. The number of rotatable bonds is 5. The van der Waals surface area contributed by atoms with Crippen LogP contribution in [0, 0.1) is 5.82 Å². The molecule has 0 spiro atoms. The number of allylic oxidation sites excluding steroid dienone is 3. The van der Waals surface area contributed by atoms with Gasteiger partial charge in [-0.2, -0.15) is 0 Å². The molecule has 0 radical (unpaired) electrons. The lowest BCUT2D eigenvalue weighted by Crippen LogP contribution is -2.19. The summed E-state index contributed by atoms with van der Waals surface area (Å²) in [5.41, 5.74) is -0.324. The molecule has 0 atom stereocenters. The molecule has 0 fully saturated rings. The van der Waals surface area contributed by atoms with Crippen molar-refractivity contribution in [1.29, 1.82) is 0 Å². The van der Waals surface area contributed by atoms with Crippen molar-refractivity contribution >= 4 is 28.6 Å². The quantitative estimate of drug-likeness (QED) is 0.359. The van der Waals surface area contributed by atoms with Gasteiger partial charge in [-0.3, -0.25) is 4.99 Å². The number of hydrogen-bond donors (Lipinski definition) is 1. The maximum atomic E-state index is 14.1. The molecule has 1 aromatic rings. The molecule has 0 saturated heterocycles. The number of thioether (sulfide) groups is 1. The van der Waals surface area contributed by atoms with E-state index < -0.39 is 17.3 Å². The number of ether oxygens (including phenoxy) is 1. The van der Waals surface area contributed by atoms with Crippen molar-refractivity contribution in [2.75, 3.05) is 12.4 Å². The third-order valence-corrected chi connectivity index (χ3v) is 3.55. The summed E-state index contributed by atoms with van der Waals surface area (Å²) in [6.07, 6.45) is 6.00. The minimum absolute atomic E-state index is 0.00270. The molecule has 1 N–H and O–H groups in total. The minimum atomic E-state index is -0.650. The second-order valence-electron chi connectivity index (χ2n) is 5.86. The summed E-state index contributed by atoms with van der Waals surface area (Å²) in [6.45, 7) is 13.1. The standard InChI is InChI=1S/C18H22FN3O2S/c1-7-9-12(8-2)25-17(22-18(3,4)5)21-14-10-15(16(23)24-6)20-11-13(14)19/h7-11H,1-2H2,3-6H3,(H,20,21,22)/b12-9+. The number of anilines is 1. The van der Waals surface area contributed by atoms with Gasteiger partial charge in [0.25, 0.3) is 0 Å². The van der Waals surface area contributed by atoms with Crippen LogP contribution in [-0.2, 0) is 4.74 Å². The van der Waals surface area contributed by atoms with E-state index in [1.54, 1.807) is 18.2 Å². The molecule has 1 rings (SSSR count). The van der Waals surface area contributed by atoms with Gasteiger partial charge in [0.2, 0.25) is 0 Å². The molecule has 134 valence electrons. The van der Waals surface area contributed by atoms with E-state index in [0.717, 1.165) is 11.1 Å². The molecule has 1 aromatic heterocycles. The summed E-state index contributed by atoms with van der Waals surface area (Å²) >= 11 is 1.27. The fourth-order valence-corrected chi connectivity index (χ4v) is 2.57. The average Bonchev–Trinajstić information content (AvgIpc) is 2.54. The highest BCUT2D eigenvalue weighted by Crippen LogP contribution is 2.24. The number of nitrogens with zero attached hydrogens (tertiary/aromatic N) is 2. The molecule has 0 aliphatic rings. The maximum Gasteiger partial charge on any atom is 0.356 e. The Morgan fingerprint density at radius 1 is 1.44 bits per heavy atom. The zero-order valence-corrected chi connectivity index (χ0v) is 15.6. The lowest BCUT2D eigenvalue weighted by molar-refractivity contribution is 0.0594. The molecule has 0 bridgehead atoms. The Morgan fingerprint density at radius 2 is 2.12 bits per heavy atom. The van der Waals surface area contributed by atoms with Gasteiger partial charge < -0.3 is 10.1 Å². The SMILES string of the molecule is C=C/C=C(\C=C)SC(=NC(C)(C)C)Nc1cc(C(=O)OC)ncc1F. The van der Waals surface area contributed by atoms with Crippen molar-refractivity contribution in [2.24, 2.45) is 4.99 Å². The number of aliphatic imine (C=N–C) groups is 1. The molecule has 0 unspecified atom stereocenters. The number of amidine groups is 1. The van der Waals surface area contributed by atoms with Crippen LogP contribution in [0.1, 0.15) is 31.3 Å². The van der Waals surface area contributed by atoms with Gasteiger partial charge in [-0.05, 0) is 32.9 Å². The molecule has 1 heterocycles. The van der Waals surface area contributed by atoms with E-state index in [2.05, 4.69) is 33.2 Å². The van der Waals surface area contributed by atoms with Crippen molar-refractivity contribution < 1.29 is 13.9 Å². The van der Waals surface area contributed by atoms with Crippen LogP contribution in [0.5, 0.6) is 0 Å². The fraction of sp³-hybridized carbons (Fsp3) is 0.278. The van der Waals surface area contributed by atoms with Crippen molar-refractivity contribution in [3.8, 4) is 0 Å². The Balaban J connectivity index is 3.24. The summed E-state index contributed by atoms with van der Waals surface area (Å²) in [7, 11) is 1.24. The number of hydrogen-bond acceptors (Lipinski definition) is 5. The van der Waals surface area contributed by atoms with E-state index in [9.17, 15) is 9.18 Å². The highest BCUT2D eigenvalue weighted by molar-refractivity contribution is 8.17. The van der Waals surface area contributed by atoms with Crippen molar-refractivity contribution in [1.82, 2.24) is 4.98 Å². The van der Waals surface area contributed by atoms with Crippen LogP contribution in [0.3, 0.4) is 0 Å². The second-order valence-corrected chi connectivity index (χ2v) is 6.93. The molecule has 0 amide bonds. The van der Waals surface area contributed by atoms with Crippen molar-refractivity contribution in [3.05, 3.63) is 60.1 Å². The summed E-state index contributed by atoms with van der Waals surface area (Å²) in [6, 6.07) is 1.28. The van der Waals surface area contributed by atoms with E-state index >= 15 is 0 Å². The Bertz CT molecular complexity index is 722. The molecule has 0 aliphatic heterocycles. The van der Waals surface area contributed by atoms with Crippen LogP contribution in [0.4, 0.5) is 10.1 Å². The van der Waals surface area contributed by atoms with E-state index in [4.69, 9.17) is 0 Å². The minimum Gasteiger partial charge on any atom is -0.464 e. The lowest BCUT2D eigenvalue weighted by atomic mass is 10.1. The van der Waals surface area contributed by atoms with Gasteiger partial charge in [0.1, 0.15) is 0 Å². The highest BCUT2D eigenvalue weighted by atomic mass is 32.2. The van der Waals surface area contributed by atoms with E-state index in [1.165, 1.54) is 24.9 Å². The highest BCUT2D eigenvalue weighted by Gasteiger charge is 2.16. The van der Waals surface area contributed by atoms with Crippen LogP contribution in [0.15, 0.2) is 53.5 Å². The Labute approximate surface area is 151 Å². The maximum absolute atomic E-state index is 14.1. The smallest absolute Gasteiger partial charge is 0.356 e. The van der Waals surface area contributed by atoms with Crippen LogP contribution in [-0.4, -0.2) is 28.8 Å². The molecular formula is C18H22FN3O2S. The number of methoxy groups -OCH3 is 1. The summed E-state index contributed by atoms with van der Waals surface area (Å²) in [5.74, 6) is -1.26. The molecule has 5 nitrogen and oxygen atoms in total. The monoisotopic (exact) mass is 363 g/mol. The first-order valence-electron chi connectivity index (χ1n) is 7.44. The first-order valence-corrected chi connectivity index (χ1v) is 8.25. The summed E-state index contributed by atoms with van der Waals surface area (Å²) in [5, 5.41) is 3.36. The zero-order valence-electron chi connectivity index (χ0n) is 14.8.